The highest BCUT2D eigenvalue weighted by Crippen LogP contribution is 2.38. The molecule has 120 valence electrons. The molecule has 2 amide bonds. The average Bonchev–Trinajstić information content (AvgIpc) is 3.03. The molecule has 1 aromatic carbocycles. The van der Waals surface area contributed by atoms with Gasteiger partial charge in [0, 0.05) is 12.0 Å². The summed E-state index contributed by atoms with van der Waals surface area (Å²) in [5.41, 5.74) is 0.437. The first-order chi connectivity index (χ1) is 10.7. The van der Waals surface area contributed by atoms with Crippen molar-refractivity contribution in [3.8, 4) is 11.5 Å². The number of fused-ring (bicyclic) bond motifs is 1. The zero-order valence-electron chi connectivity index (χ0n) is 12.6. The molecule has 1 saturated carbocycles. The summed E-state index contributed by atoms with van der Waals surface area (Å²) in [7, 11) is 0. The van der Waals surface area contributed by atoms with Gasteiger partial charge in [0.25, 0.3) is 0 Å². The highest BCUT2D eigenvalue weighted by molar-refractivity contribution is 5.91. The van der Waals surface area contributed by atoms with Crippen LogP contribution in [0.5, 0.6) is 11.5 Å². The number of para-hydroxylation sites is 1. The van der Waals surface area contributed by atoms with E-state index in [4.69, 9.17) is 9.47 Å². The Bertz CT molecular complexity index is 541. The van der Waals surface area contributed by atoms with Crippen LogP contribution in [0.3, 0.4) is 0 Å². The van der Waals surface area contributed by atoms with E-state index in [1.807, 2.05) is 12.1 Å². The molecule has 0 radical (unpaired) electrons. The quantitative estimate of drug-likeness (QED) is 0.796. The van der Waals surface area contributed by atoms with Crippen molar-refractivity contribution in [3.05, 3.63) is 18.2 Å². The van der Waals surface area contributed by atoms with Crippen LogP contribution in [0.15, 0.2) is 18.2 Å². The Morgan fingerprint density at radius 3 is 2.77 bits per heavy atom. The van der Waals surface area contributed by atoms with E-state index >= 15 is 0 Å². The molecule has 6 nitrogen and oxygen atoms in total. The lowest BCUT2D eigenvalue weighted by molar-refractivity contribution is 0.130. The number of benzene rings is 1. The predicted octanol–water partition coefficient (Wildman–Crippen LogP) is 2.13. The molecule has 1 fully saturated rings. The highest BCUT2D eigenvalue weighted by atomic mass is 16.6. The average molecular weight is 306 g/mol. The SMILES string of the molecule is O=C(NCC1(CO)CCCC1)Nc1cccc2c1OCCO2. The van der Waals surface area contributed by atoms with E-state index in [2.05, 4.69) is 10.6 Å². The Labute approximate surface area is 129 Å². The summed E-state index contributed by atoms with van der Waals surface area (Å²) in [6.45, 7) is 1.59. The van der Waals surface area contributed by atoms with Crippen LogP contribution in [0, 0.1) is 5.41 Å². The molecule has 0 atom stereocenters. The number of aliphatic hydroxyl groups is 1. The van der Waals surface area contributed by atoms with E-state index < -0.39 is 0 Å². The van der Waals surface area contributed by atoms with Crippen molar-refractivity contribution in [2.45, 2.75) is 25.7 Å². The number of carbonyl (C=O) groups is 1. The fraction of sp³-hybridized carbons (Fsp3) is 0.562. The monoisotopic (exact) mass is 306 g/mol. The molecule has 2 aliphatic rings. The summed E-state index contributed by atoms with van der Waals surface area (Å²) in [5.74, 6) is 1.22. The van der Waals surface area contributed by atoms with Crippen molar-refractivity contribution in [1.29, 1.82) is 0 Å². The van der Waals surface area contributed by atoms with Gasteiger partial charge in [0.2, 0.25) is 0 Å². The van der Waals surface area contributed by atoms with E-state index in [0.717, 1.165) is 25.7 Å². The highest BCUT2D eigenvalue weighted by Gasteiger charge is 2.33. The molecule has 0 spiro atoms. The van der Waals surface area contributed by atoms with Crippen LogP contribution < -0.4 is 20.1 Å². The van der Waals surface area contributed by atoms with Crippen molar-refractivity contribution >= 4 is 11.7 Å². The zero-order valence-corrected chi connectivity index (χ0v) is 12.6. The van der Waals surface area contributed by atoms with Crippen LogP contribution in [-0.2, 0) is 0 Å². The molecule has 0 saturated heterocycles. The molecule has 0 aromatic heterocycles. The van der Waals surface area contributed by atoms with Gasteiger partial charge in [-0.05, 0) is 25.0 Å². The Morgan fingerprint density at radius 1 is 1.23 bits per heavy atom. The van der Waals surface area contributed by atoms with Gasteiger partial charge in [-0.15, -0.1) is 0 Å². The van der Waals surface area contributed by atoms with Gasteiger partial charge in [-0.25, -0.2) is 4.79 Å². The molecule has 0 bridgehead atoms. The fourth-order valence-electron chi connectivity index (χ4n) is 3.12. The zero-order chi connectivity index (χ0) is 15.4. The third kappa shape index (κ3) is 3.11. The van der Waals surface area contributed by atoms with Gasteiger partial charge < -0.3 is 25.2 Å². The number of aliphatic hydroxyl groups excluding tert-OH is 1. The predicted molar refractivity (Wildman–Crippen MR) is 82.4 cm³/mol. The number of ether oxygens (including phenoxy) is 2. The Kier molecular flexibility index (Phi) is 4.38. The van der Waals surface area contributed by atoms with E-state index in [1.54, 1.807) is 6.07 Å². The van der Waals surface area contributed by atoms with Crippen LogP contribution in [-0.4, -0.2) is 37.5 Å². The largest absolute Gasteiger partial charge is 0.486 e. The maximum Gasteiger partial charge on any atom is 0.319 e. The van der Waals surface area contributed by atoms with Crippen molar-refractivity contribution in [2.24, 2.45) is 5.41 Å². The molecule has 1 aromatic rings. The second kappa shape index (κ2) is 6.44. The van der Waals surface area contributed by atoms with E-state index in [9.17, 15) is 9.90 Å². The maximum atomic E-state index is 12.1. The lowest BCUT2D eigenvalue weighted by atomic mass is 9.87. The van der Waals surface area contributed by atoms with Crippen LogP contribution in [0.1, 0.15) is 25.7 Å². The normalized spacial score (nSPS) is 18.8. The second-order valence-electron chi connectivity index (χ2n) is 6.00. The number of nitrogens with one attached hydrogen (secondary N) is 2. The van der Waals surface area contributed by atoms with Crippen LogP contribution >= 0.6 is 0 Å². The third-order valence-corrected chi connectivity index (χ3v) is 4.44. The number of urea groups is 1. The van der Waals surface area contributed by atoms with Crippen molar-refractivity contribution in [1.82, 2.24) is 5.32 Å². The summed E-state index contributed by atoms with van der Waals surface area (Å²) in [5, 5.41) is 15.2. The fourth-order valence-corrected chi connectivity index (χ4v) is 3.12. The standard InChI is InChI=1S/C16H22N2O4/c19-11-16(6-1-2-7-16)10-17-15(20)18-12-4-3-5-13-14(12)22-9-8-21-13/h3-5,19H,1-2,6-11H2,(H2,17,18,20). The summed E-state index contributed by atoms with van der Waals surface area (Å²) in [6, 6.07) is 5.12. The van der Waals surface area contributed by atoms with E-state index in [-0.39, 0.29) is 18.1 Å². The maximum absolute atomic E-state index is 12.1. The first-order valence-electron chi connectivity index (χ1n) is 7.77. The lowest BCUT2D eigenvalue weighted by Crippen LogP contribution is -2.40. The van der Waals surface area contributed by atoms with Crippen molar-refractivity contribution in [2.75, 3.05) is 31.7 Å². The molecular formula is C16H22N2O4. The summed E-state index contributed by atoms with van der Waals surface area (Å²) < 4.78 is 11.1. The molecule has 1 heterocycles. The first kappa shape index (κ1) is 15.0. The van der Waals surface area contributed by atoms with Crippen molar-refractivity contribution in [3.63, 3.8) is 0 Å². The number of hydrogen-bond acceptors (Lipinski definition) is 4. The summed E-state index contributed by atoms with van der Waals surface area (Å²) in [4.78, 5) is 12.1. The van der Waals surface area contributed by atoms with E-state index in [1.165, 1.54) is 0 Å². The number of anilines is 1. The number of amides is 2. The third-order valence-electron chi connectivity index (χ3n) is 4.44. The van der Waals surface area contributed by atoms with Gasteiger partial charge in [0.15, 0.2) is 11.5 Å². The Balaban J connectivity index is 1.60. The van der Waals surface area contributed by atoms with Crippen LogP contribution in [0.2, 0.25) is 0 Å². The van der Waals surface area contributed by atoms with Gasteiger partial charge in [-0.3, -0.25) is 0 Å². The van der Waals surface area contributed by atoms with Gasteiger partial charge in [-0.1, -0.05) is 18.9 Å². The second-order valence-corrected chi connectivity index (χ2v) is 6.00. The van der Waals surface area contributed by atoms with Gasteiger partial charge in [-0.2, -0.15) is 0 Å². The first-order valence-corrected chi connectivity index (χ1v) is 7.77. The molecule has 3 N–H and O–H groups in total. The lowest BCUT2D eigenvalue weighted by Gasteiger charge is -2.27. The molecular weight excluding hydrogens is 284 g/mol. The van der Waals surface area contributed by atoms with Gasteiger partial charge in [0.1, 0.15) is 13.2 Å². The molecule has 1 aliphatic carbocycles. The molecule has 6 heteroatoms. The minimum atomic E-state index is -0.290. The molecule has 1 aliphatic heterocycles. The van der Waals surface area contributed by atoms with Crippen LogP contribution in [0.25, 0.3) is 0 Å². The Hall–Kier alpha value is -1.95. The van der Waals surface area contributed by atoms with E-state index in [0.29, 0.717) is 36.9 Å². The number of rotatable bonds is 4. The smallest absolute Gasteiger partial charge is 0.319 e. The molecule has 22 heavy (non-hydrogen) atoms. The molecule has 0 unspecified atom stereocenters. The number of hydrogen-bond donors (Lipinski definition) is 3. The topological polar surface area (TPSA) is 79.8 Å². The number of carbonyl (C=O) groups excluding carboxylic acids is 1. The van der Waals surface area contributed by atoms with Crippen molar-refractivity contribution < 1.29 is 19.4 Å². The van der Waals surface area contributed by atoms with Crippen LogP contribution in [0.4, 0.5) is 10.5 Å². The minimum absolute atomic E-state index is 0.116. The summed E-state index contributed by atoms with van der Waals surface area (Å²) >= 11 is 0. The minimum Gasteiger partial charge on any atom is -0.486 e. The summed E-state index contributed by atoms with van der Waals surface area (Å²) in [6.07, 6.45) is 4.14. The van der Waals surface area contributed by atoms with Gasteiger partial charge in [0.05, 0.1) is 12.3 Å². The Morgan fingerprint density at radius 2 is 2.00 bits per heavy atom. The molecule has 3 rings (SSSR count). The van der Waals surface area contributed by atoms with Gasteiger partial charge >= 0.3 is 6.03 Å².